The van der Waals surface area contributed by atoms with Crippen LogP contribution in [-0.2, 0) is 0 Å². The summed E-state index contributed by atoms with van der Waals surface area (Å²) in [6.07, 6.45) is 4.19. The molecule has 1 N–H and O–H groups in total. The summed E-state index contributed by atoms with van der Waals surface area (Å²) in [5.41, 5.74) is 0. The van der Waals surface area contributed by atoms with E-state index in [1.165, 1.54) is 6.42 Å². The van der Waals surface area contributed by atoms with Crippen LogP contribution >= 0.6 is 0 Å². The van der Waals surface area contributed by atoms with Crippen LogP contribution in [0, 0.1) is 0 Å². The van der Waals surface area contributed by atoms with Crippen LogP contribution in [0.5, 0.6) is 0 Å². The molecule has 0 fully saturated rings. The van der Waals surface area contributed by atoms with Crippen molar-refractivity contribution in [2.24, 2.45) is 0 Å². The number of aliphatic hydroxyl groups excluding tert-OH is 1. The summed E-state index contributed by atoms with van der Waals surface area (Å²) in [5.74, 6) is 0. The second kappa shape index (κ2) is 8.73. The van der Waals surface area contributed by atoms with Crippen molar-refractivity contribution in [2.45, 2.75) is 45.6 Å². The van der Waals surface area contributed by atoms with Gasteiger partial charge in [0.15, 0.2) is 0 Å². The van der Waals surface area contributed by atoms with E-state index in [2.05, 4.69) is 6.92 Å². The molecule has 0 amide bonds. The normalized spacial score (nSPS) is 12.3. The third kappa shape index (κ3) is 8.73. The minimum Gasteiger partial charge on any atom is -1.00 e. The molecule has 0 heterocycles. The van der Waals surface area contributed by atoms with E-state index in [4.69, 9.17) is 5.11 Å². The first-order valence-corrected chi connectivity index (χ1v) is 3.49. The summed E-state index contributed by atoms with van der Waals surface area (Å²) in [7, 11) is 0. The van der Waals surface area contributed by atoms with Crippen molar-refractivity contribution < 1.29 is 7.96 Å². The summed E-state index contributed by atoms with van der Waals surface area (Å²) in [6, 6.07) is 0. The predicted molar refractivity (Wildman–Crippen MR) is 43.8 cm³/mol. The SMILES string of the molecule is CCCCC(O)CC.[H-].[H-].[Mg+2]. The van der Waals surface area contributed by atoms with Crippen molar-refractivity contribution >= 4 is 23.1 Å². The Labute approximate surface area is 77.0 Å². The Kier molecular flexibility index (Phi) is 12.0. The number of hydrogen-bond donors (Lipinski definition) is 1. The Morgan fingerprint density at radius 2 is 2.00 bits per heavy atom. The smallest absolute Gasteiger partial charge is 1.00 e. The molecule has 0 saturated heterocycles. The fourth-order valence-electron chi connectivity index (χ4n) is 0.644. The third-order valence-corrected chi connectivity index (χ3v) is 1.36. The van der Waals surface area contributed by atoms with E-state index in [0.29, 0.717) is 0 Å². The van der Waals surface area contributed by atoms with Gasteiger partial charge in [-0.2, -0.15) is 0 Å². The van der Waals surface area contributed by atoms with E-state index in [-0.39, 0.29) is 32.0 Å². The molecule has 0 aliphatic rings. The number of hydrogen-bond acceptors (Lipinski definition) is 1. The van der Waals surface area contributed by atoms with E-state index in [1.807, 2.05) is 6.92 Å². The molecule has 0 aliphatic carbocycles. The van der Waals surface area contributed by atoms with Crippen LogP contribution in [0.15, 0.2) is 0 Å². The molecule has 0 spiro atoms. The molecule has 0 rings (SSSR count). The molecule has 0 aromatic heterocycles. The standard InChI is InChI=1S/C7H16O.Mg.2H/c1-3-5-6-7(8)4-2;;;/h7-8H,3-6H2,1-2H3;;;/q;+2;2*-1. The zero-order valence-corrected chi connectivity index (χ0v) is 7.97. The molecule has 1 unspecified atom stereocenters. The summed E-state index contributed by atoms with van der Waals surface area (Å²) in [6.45, 7) is 4.16. The number of unbranched alkanes of at least 4 members (excludes halogenated alkanes) is 1. The average molecular weight is 143 g/mol. The molecule has 9 heavy (non-hydrogen) atoms. The van der Waals surface area contributed by atoms with Crippen molar-refractivity contribution in [3.05, 3.63) is 0 Å². The predicted octanol–water partition coefficient (Wildman–Crippen LogP) is 1.79. The molecule has 0 aromatic rings. The molecule has 2 heteroatoms. The molecule has 0 saturated carbocycles. The maximum absolute atomic E-state index is 8.99. The van der Waals surface area contributed by atoms with Crippen molar-refractivity contribution in [3.63, 3.8) is 0 Å². The molecular weight excluding hydrogens is 124 g/mol. The minimum absolute atomic E-state index is 0. The van der Waals surface area contributed by atoms with Gasteiger partial charge in [0.05, 0.1) is 6.10 Å². The van der Waals surface area contributed by atoms with E-state index in [1.54, 1.807) is 0 Å². The van der Waals surface area contributed by atoms with Gasteiger partial charge in [-0.3, -0.25) is 0 Å². The van der Waals surface area contributed by atoms with Crippen molar-refractivity contribution in [3.8, 4) is 0 Å². The topological polar surface area (TPSA) is 20.2 Å². The van der Waals surface area contributed by atoms with Crippen molar-refractivity contribution in [1.29, 1.82) is 0 Å². The Morgan fingerprint density at radius 1 is 1.44 bits per heavy atom. The minimum atomic E-state index is -0.0463. The third-order valence-electron chi connectivity index (χ3n) is 1.36. The van der Waals surface area contributed by atoms with Gasteiger partial charge in [-0.1, -0.05) is 26.7 Å². The second-order valence-corrected chi connectivity index (χ2v) is 2.20. The zero-order valence-electron chi connectivity index (χ0n) is 8.56. The van der Waals surface area contributed by atoms with Crippen molar-refractivity contribution in [2.75, 3.05) is 0 Å². The van der Waals surface area contributed by atoms with Crippen LogP contribution in [0.25, 0.3) is 0 Å². The molecule has 0 aromatic carbocycles. The van der Waals surface area contributed by atoms with Gasteiger partial charge in [0.25, 0.3) is 0 Å². The molecule has 0 bridgehead atoms. The Bertz CT molecular complexity index is 55.7. The quantitative estimate of drug-likeness (QED) is 0.594. The number of rotatable bonds is 4. The Morgan fingerprint density at radius 3 is 2.33 bits per heavy atom. The largest absolute Gasteiger partial charge is 2.00 e. The average Bonchev–Trinajstić information content (AvgIpc) is 1.83. The fraction of sp³-hybridized carbons (Fsp3) is 1.00. The first-order chi connectivity index (χ1) is 3.81. The van der Waals surface area contributed by atoms with Gasteiger partial charge in [0.1, 0.15) is 0 Å². The molecule has 0 aliphatic heterocycles. The van der Waals surface area contributed by atoms with Crippen LogP contribution in [0.3, 0.4) is 0 Å². The van der Waals surface area contributed by atoms with Crippen LogP contribution in [0.1, 0.15) is 42.4 Å². The Hall–Kier alpha value is 0.726. The summed E-state index contributed by atoms with van der Waals surface area (Å²) < 4.78 is 0. The fourth-order valence-corrected chi connectivity index (χ4v) is 0.644. The van der Waals surface area contributed by atoms with Crippen LogP contribution in [0.4, 0.5) is 0 Å². The van der Waals surface area contributed by atoms with E-state index < -0.39 is 0 Å². The van der Waals surface area contributed by atoms with Gasteiger partial charge in [0, 0.05) is 0 Å². The van der Waals surface area contributed by atoms with E-state index in [0.717, 1.165) is 19.3 Å². The van der Waals surface area contributed by atoms with Gasteiger partial charge in [-0.05, 0) is 12.8 Å². The van der Waals surface area contributed by atoms with Crippen molar-refractivity contribution in [1.82, 2.24) is 0 Å². The molecule has 54 valence electrons. The van der Waals surface area contributed by atoms with Gasteiger partial charge >= 0.3 is 23.1 Å². The molecular formula is C7H18MgO. The summed E-state index contributed by atoms with van der Waals surface area (Å²) >= 11 is 0. The molecule has 1 nitrogen and oxygen atoms in total. The van der Waals surface area contributed by atoms with Gasteiger partial charge in [-0.25, -0.2) is 0 Å². The summed E-state index contributed by atoms with van der Waals surface area (Å²) in [5, 5.41) is 8.99. The molecule has 0 radical (unpaired) electrons. The maximum atomic E-state index is 8.99. The zero-order chi connectivity index (χ0) is 6.41. The van der Waals surface area contributed by atoms with Gasteiger partial charge in [-0.15, -0.1) is 0 Å². The maximum Gasteiger partial charge on any atom is 2.00 e. The van der Waals surface area contributed by atoms with Crippen LogP contribution < -0.4 is 0 Å². The van der Waals surface area contributed by atoms with Gasteiger partial charge in [0.2, 0.25) is 0 Å². The van der Waals surface area contributed by atoms with Gasteiger partial charge < -0.3 is 7.96 Å². The monoisotopic (exact) mass is 142 g/mol. The first-order valence-electron chi connectivity index (χ1n) is 3.49. The van der Waals surface area contributed by atoms with E-state index in [9.17, 15) is 0 Å². The van der Waals surface area contributed by atoms with E-state index >= 15 is 0 Å². The van der Waals surface area contributed by atoms with Crippen LogP contribution in [-0.4, -0.2) is 34.3 Å². The molecule has 1 atom stereocenters. The second-order valence-electron chi connectivity index (χ2n) is 2.20. The first kappa shape index (κ1) is 12.4. The number of aliphatic hydroxyl groups is 1. The van der Waals surface area contributed by atoms with Crippen LogP contribution in [0.2, 0.25) is 0 Å². The summed E-state index contributed by atoms with van der Waals surface area (Å²) in [4.78, 5) is 0. The Balaban J connectivity index is -0.0000000817.